The average Bonchev–Trinajstić information content (AvgIpc) is 3.14. The van der Waals surface area contributed by atoms with E-state index in [1.165, 1.54) is 34.9 Å². The average molecular weight is 522 g/mol. The number of esters is 1. The number of hydrogen-bond acceptors (Lipinski definition) is 6. The van der Waals surface area contributed by atoms with Crippen LogP contribution in [0.15, 0.2) is 40.6 Å². The molecule has 0 fully saturated rings. The van der Waals surface area contributed by atoms with E-state index in [9.17, 15) is 17.6 Å². The molecule has 190 valence electrons. The second-order valence-corrected chi connectivity index (χ2v) is 11.8. The molecule has 6 nitrogen and oxygen atoms in total. The lowest BCUT2D eigenvalue weighted by molar-refractivity contribution is -0.140. The number of rotatable bonds is 11. The van der Waals surface area contributed by atoms with Crippen molar-refractivity contribution < 1.29 is 27.1 Å². The summed E-state index contributed by atoms with van der Waals surface area (Å²) in [6.07, 6.45) is 1.14. The Balaban J connectivity index is 1.76. The number of aryl methyl sites for hydroxylation is 3. The quantitative estimate of drug-likeness (QED) is 0.306. The van der Waals surface area contributed by atoms with Gasteiger partial charge in [-0.05, 0) is 86.0 Å². The van der Waals surface area contributed by atoms with Gasteiger partial charge in [-0.15, -0.1) is 11.3 Å². The Bertz CT molecular complexity index is 1300. The van der Waals surface area contributed by atoms with Crippen molar-refractivity contribution in [3.63, 3.8) is 0 Å². The minimum Gasteiger partial charge on any atom is -0.489 e. The highest BCUT2D eigenvalue weighted by Gasteiger charge is 2.30. The SMILES string of the molecule is CCCN(CC(C)Oc1ccc(CCC(=O)OC)c(C)c1)S(=O)(=O)c1sc2ccc(F)cc2c1C. The zero-order chi connectivity index (χ0) is 25.8. The largest absolute Gasteiger partial charge is 0.489 e. The molecule has 0 N–H and O–H groups in total. The minimum absolute atomic E-state index is 0.182. The van der Waals surface area contributed by atoms with Crippen molar-refractivity contribution in [2.24, 2.45) is 0 Å². The van der Waals surface area contributed by atoms with E-state index in [1.54, 1.807) is 13.0 Å². The summed E-state index contributed by atoms with van der Waals surface area (Å²) in [7, 11) is -2.41. The van der Waals surface area contributed by atoms with Crippen LogP contribution in [0.2, 0.25) is 0 Å². The Morgan fingerprint density at radius 2 is 1.91 bits per heavy atom. The maximum absolute atomic E-state index is 13.7. The van der Waals surface area contributed by atoms with Gasteiger partial charge in [-0.3, -0.25) is 4.79 Å². The molecule has 1 atom stereocenters. The number of carbonyl (C=O) groups excluding carboxylic acids is 1. The zero-order valence-corrected chi connectivity index (χ0v) is 22.4. The van der Waals surface area contributed by atoms with Crippen LogP contribution in [0.1, 0.15) is 43.4 Å². The summed E-state index contributed by atoms with van der Waals surface area (Å²) in [5, 5.41) is 0.622. The van der Waals surface area contributed by atoms with Crippen molar-refractivity contribution in [1.29, 1.82) is 0 Å². The van der Waals surface area contributed by atoms with Gasteiger partial charge in [0.25, 0.3) is 10.0 Å². The third kappa shape index (κ3) is 6.39. The summed E-state index contributed by atoms with van der Waals surface area (Å²) >= 11 is 1.17. The summed E-state index contributed by atoms with van der Waals surface area (Å²) < 4.78 is 54.1. The van der Waals surface area contributed by atoms with E-state index in [1.807, 2.05) is 39.0 Å². The number of nitrogens with zero attached hydrogens (tertiary/aromatic N) is 1. The van der Waals surface area contributed by atoms with Gasteiger partial charge >= 0.3 is 5.97 Å². The van der Waals surface area contributed by atoms with Gasteiger partial charge in [0.2, 0.25) is 0 Å². The summed E-state index contributed by atoms with van der Waals surface area (Å²) in [6.45, 7) is 7.97. The van der Waals surface area contributed by atoms with Crippen LogP contribution in [0, 0.1) is 19.7 Å². The van der Waals surface area contributed by atoms with Crippen LogP contribution in [-0.2, 0) is 26.0 Å². The lowest BCUT2D eigenvalue weighted by Gasteiger charge is -2.25. The fraction of sp³-hybridized carbons (Fsp3) is 0.423. The van der Waals surface area contributed by atoms with Crippen LogP contribution in [-0.4, -0.2) is 45.0 Å². The Morgan fingerprint density at radius 3 is 2.57 bits per heavy atom. The number of fused-ring (bicyclic) bond motifs is 1. The molecule has 35 heavy (non-hydrogen) atoms. The molecule has 1 aromatic heterocycles. The summed E-state index contributed by atoms with van der Waals surface area (Å²) in [4.78, 5) is 11.4. The van der Waals surface area contributed by atoms with Gasteiger partial charge in [-0.1, -0.05) is 13.0 Å². The normalized spacial score (nSPS) is 12.8. The van der Waals surface area contributed by atoms with Crippen LogP contribution < -0.4 is 4.74 Å². The van der Waals surface area contributed by atoms with Crippen LogP contribution in [0.5, 0.6) is 5.75 Å². The van der Waals surface area contributed by atoms with Gasteiger partial charge in [0, 0.05) is 17.7 Å². The number of ether oxygens (including phenoxy) is 2. The third-order valence-corrected chi connectivity index (χ3v) is 9.58. The maximum Gasteiger partial charge on any atom is 0.305 e. The summed E-state index contributed by atoms with van der Waals surface area (Å²) in [5.74, 6) is -0.00448. The molecular formula is C26H32FNO5S2. The van der Waals surface area contributed by atoms with Gasteiger partial charge < -0.3 is 9.47 Å². The lowest BCUT2D eigenvalue weighted by atomic mass is 10.0. The first-order valence-electron chi connectivity index (χ1n) is 11.6. The van der Waals surface area contributed by atoms with Crippen LogP contribution in [0.3, 0.4) is 0 Å². The molecule has 0 amide bonds. The lowest BCUT2D eigenvalue weighted by Crippen LogP contribution is -2.39. The first-order valence-corrected chi connectivity index (χ1v) is 13.8. The van der Waals surface area contributed by atoms with Gasteiger partial charge in [-0.25, -0.2) is 12.8 Å². The maximum atomic E-state index is 13.7. The molecule has 0 spiro atoms. The van der Waals surface area contributed by atoms with Crippen molar-refractivity contribution in [1.82, 2.24) is 4.31 Å². The first-order chi connectivity index (χ1) is 16.6. The third-order valence-electron chi connectivity index (χ3n) is 5.84. The van der Waals surface area contributed by atoms with E-state index in [2.05, 4.69) is 0 Å². The first kappa shape index (κ1) is 27.1. The molecule has 0 saturated heterocycles. The molecule has 2 aromatic carbocycles. The molecule has 0 saturated carbocycles. The number of thiophene rings is 1. The highest BCUT2D eigenvalue weighted by atomic mass is 32.2. The Morgan fingerprint density at radius 1 is 1.17 bits per heavy atom. The van der Waals surface area contributed by atoms with Crippen molar-refractivity contribution in [3.8, 4) is 5.75 Å². The number of halogens is 1. The highest BCUT2D eigenvalue weighted by Crippen LogP contribution is 2.36. The van der Waals surface area contributed by atoms with E-state index in [0.29, 0.717) is 42.5 Å². The van der Waals surface area contributed by atoms with Gasteiger partial charge in [0.15, 0.2) is 0 Å². The fourth-order valence-corrected chi connectivity index (χ4v) is 7.50. The topological polar surface area (TPSA) is 72.9 Å². The predicted molar refractivity (Wildman–Crippen MR) is 137 cm³/mol. The number of sulfonamides is 1. The van der Waals surface area contributed by atoms with Gasteiger partial charge in [0.1, 0.15) is 21.9 Å². The molecule has 3 aromatic rings. The number of hydrogen-bond donors (Lipinski definition) is 0. The molecule has 1 unspecified atom stereocenters. The monoisotopic (exact) mass is 521 g/mol. The van der Waals surface area contributed by atoms with Crippen LogP contribution in [0.4, 0.5) is 4.39 Å². The molecule has 3 rings (SSSR count). The van der Waals surface area contributed by atoms with Crippen LogP contribution >= 0.6 is 11.3 Å². The van der Waals surface area contributed by atoms with Crippen molar-refractivity contribution in [2.45, 2.75) is 57.3 Å². The molecule has 9 heteroatoms. The number of methoxy groups -OCH3 is 1. The van der Waals surface area contributed by atoms with Crippen molar-refractivity contribution in [3.05, 3.63) is 58.9 Å². The zero-order valence-electron chi connectivity index (χ0n) is 20.8. The van der Waals surface area contributed by atoms with Crippen molar-refractivity contribution in [2.75, 3.05) is 20.2 Å². The summed E-state index contributed by atoms with van der Waals surface area (Å²) in [6, 6.07) is 9.99. The Labute approximate surface area is 210 Å². The molecule has 0 aliphatic rings. The van der Waals surface area contributed by atoms with Crippen molar-refractivity contribution >= 4 is 37.4 Å². The van der Waals surface area contributed by atoms with Crippen LogP contribution in [0.25, 0.3) is 10.1 Å². The molecule has 0 bridgehead atoms. The second-order valence-electron chi connectivity index (χ2n) is 8.61. The smallest absolute Gasteiger partial charge is 0.305 e. The fourth-order valence-electron chi connectivity index (χ4n) is 4.01. The van der Waals surface area contributed by atoms with E-state index in [0.717, 1.165) is 15.8 Å². The molecular weight excluding hydrogens is 489 g/mol. The van der Waals surface area contributed by atoms with E-state index in [4.69, 9.17) is 9.47 Å². The second kappa shape index (κ2) is 11.5. The van der Waals surface area contributed by atoms with E-state index >= 15 is 0 Å². The molecule has 1 heterocycles. The molecule has 0 aliphatic carbocycles. The number of benzene rings is 2. The number of carbonyl (C=O) groups is 1. The standard InChI is InChI=1S/C26H32FNO5S2/c1-6-13-28(35(30,31)26-19(4)23-15-21(27)9-11-24(23)34-26)16-18(3)33-22-10-7-20(17(2)14-22)8-12-25(29)32-5/h7,9-11,14-15,18H,6,8,12-13,16H2,1-5H3. The molecule has 0 radical (unpaired) electrons. The van der Waals surface area contributed by atoms with E-state index < -0.39 is 16.1 Å². The molecule has 0 aliphatic heterocycles. The van der Waals surface area contributed by atoms with Gasteiger partial charge in [-0.2, -0.15) is 4.31 Å². The highest BCUT2D eigenvalue weighted by molar-refractivity contribution is 7.91. The Kier molecular flexibility index (Phi) is 8.90. The predicted octanol–water partition coefficient (Wildman–Crippen LogP) is 5.63. The summed E-state index contributed by atoms with van der Waals surface area (Å²) in [5.41, 5.74) is 2.59. The minimum atomic E-state index is -3.78. The Hall–Kier alpha value is -2.49. The van der Waals surface area contributed by atoms with E-state index in [-0.39, 0.29) is 22.5 Å². The van der Waals surface area contributed by atoms with Gasteiger partial charge in [0.05, 0.1) is 13.7 Å².